The highest BCUT2D eigenvalue weighted by molar-refractivity contribution is 6.31. The summed E-state index contributed by atoms with van der Waals surface area (Å²) >= 11 is 6.10. The average Bonchev–Trinajstić information content (AvgIpc) is 2.66. The summed E-state index contributed by atoms with van der Waals surface area (Å²) in [6.07, 6.45) is 6.74. The summed E-state index contributed by atoms with van der Waals surface area (Å²) in [6.45, 7) is 0.978. The Bertz CT molecular complexity index is 855. The smallest absolute Gasteiger partial charge is 0.253 e. The fourth-order valence-electron chi connectivity index (χ4n) is 2.29. The first kappa shape index (κ1) is 16.9. The Morgan fingerprint density at radius 2 is 1.88 bits per heavy atom. The van der Waals surface area contributed by atoms with Crippen LogP contribution in [0.5, 0.6) is 0 Å². The Labute approximate surface area is 151 Å². The summed E-state index contributed by atoms with van der Waals surface area (Å²) < 4.78 is 0. The van der Waals surface area contributed by atoms with E-state index in [-0.39, 0.29) is 5.91 Å². The van der Waals surface area contributed by atoms with Crippen LogP contribution >= 0.6 is 11.6 Å². The fraction of sp³-hybridized carbons (Fsp3) is 0.105. The van der Waals surface area contributed by atoms with Gasteiger partial charge < -0.3 is 10.6 Å². The lowest BCUT2D eigenvalue weighted by atomic mass is 10.2. The van der Waals surface area contributed by atoms with Crippen LogP contribution in [0.1, 0.15) is 21.5 Å². The van der Waals surface area contributed by atoms with E-state index in [9.17, 15) is 4.79 Å². The zero-order chi connectivity index (χ0) is 17.5. The second-order valence-corrected chi connectivity index (χ2v) is 5.86. The SMILES string of the molecule is O=C(NCc1ccccc1Cl)c1cncc(NCc2cccnc2)c1. The average molecular weight is 353 g/mol. The summed E-state index contributed by atoms with van der Waals surface area (Å²) in [7, 11) is 0. The molecule has 0 aliphatic carbocycles. The first-order valence-corrected chi connectivity index (χ1v) is 8.19. The Morgan fingerprint density at radius 1 is 1.00 bits per heavy atom. The minimum atomic E-state index is -0.197. The van der Waals surface area contributed by atoms with Crippen molar-refractivity contribution < 1.29 is 4.79 Å². The van der Waals surface area contributed by atoms with Gasteiger partial charge in [-0.05, 0) is 29.3 Å². The minimum absolute atomic E-state index is 0.197. The number of carbonyl (C=O) groups is 1. The van der Waals surface area contributed by atoms with E-state index in [4.69, 9.17) is 11.6 Å². The van der Waals surface area contributed by atoms with Crippen molar-refractivity contribution in [2.75, 3.05) is 5.32 Å². The highest BCUT2D eigenvalue weighted by Gasteiger charge is 2.08. The topological polar surface area (TPSA) is 66.9 Å². The molecular formula is C19H17ClN4O. The molecule has 25 heavy (non-hydrogen) atoms. The number of amides is 1. The van der Waals surface area contributed by atoms with Crippen LogP contribution in [-0.4, -0.2) is 15.9 Å². The normalized spacial score (nSPS) is 10.3. The predicted molar refractivity (Wildman–Crippen MR) is 98.4 cm³/mol. The summed E-state index contributed by atoms with van der Waals surface area (Å²) in [5.74, 6) is -0.197. The molecule has 0 saturated heterocycles. The van der Waals surface area contributed by atoms with Gasteiger partial charge in [-0.1, -0.05) is 35.9 Å². The first-order valence-electron chi connectivity index (χ1n) is 7.82. The standard InChI is InChI=1S/C19H17ClN4O/c20-18-6-2-1-5-15(18)12-24-19(25)16-8-17(13-22-11-16)23-10-14-4-3-7-21-9-14/h1-9,11,13,23H,10,12H2,(H,24,25). The maximum Gasteiger partial charge on any atom is 0.253 e. The molecule has 1 aromatic carbocycles. The molecular weight excluding hydrogens is 336 g/mol. The van der Waals surface area contributed by atoms with Crippen LogP contribution in [0, 0.1) is 0 Å². The van der Waals surface area contributed by atoms with Crippen molar-refractivity contribution in [2.45, 2.75) is 13.1 Å². The van der Waals surface area contributed by atoms with E-state index in [0.29, 0.717) is 23.7 Å². The van der Waals surface area contributed by atoms with Crippen molar-refractivity contribution in [3.8, 4) is 0 Å². The largest absolute Gasteiger partial charge is 0.380 e. The molecule has 0 unspecified atom stereocenters. The van der Waals surface area contributed by atoms with Crippen LogP contribution in [0.2, 0.25) is 5.02 Å². The molecule has 1 amide bonds. The molecule has 3 rings (SSSR count). The number of aromatic nitrogens is 2. The van der Waals surface area contributed by atoms with E-state index < -0.39 is 0 Å². The number of rotatable bonds is 6. The maximum atomic E-state index is 12.3. The van der Waals surface area contributed by atoms with E-state index in [2.05, 4.69) is 20.6 Å². The molecule has 2 aromatic heterocycles. The van der Waals surface area contributed by atoms with Crippen LogP contribution < -0.4 is 10.6 Å². The molecule has 0 aliphatic rings. The van der Waals surface area contributed by atoms with Crippen molar-refractivity contribution in [3.05, 3.63) is 89.0 Å². The zero-order valence-corrected chi connectivity index (χ0v) is 14.2. The lowest BCUT2D eigenvalue weighted by molar-refractivity contribution is 0.0950. The molecule has 0 radical (unpaired) electrons. The minimum Gasteiger partial charge on any atom is -0.380 e. The van der Waals surface area contributed by atoms with Crippen molar-refractivity contribution >= 4 is 23.2 Å². The number of pyridine rings is 2. The quantitative estimate of drug-likeness (QED) is 0.710. The molecule has 3 aromatic rings. The van der Waals surface area contributed by atoms with Crippen molar-refractivity contribution in [3.63, 3.8) is 0 Å². The third kappa shape index (κ3) is 4.78. The zero-order valence-electron chi connectivity index (χ0n) is 13.4. The van der Waals surface area contributed by atoms with Crippen LogP contribution in [-0.2, 0) is 13.1 Å². The number of benzene rings is 1. The monoisotopic (exact) mass is 352 g/mol. The number of hydrogen-bond donors (Lipinski definition) is 2. The lowest BCUT2D eigenvalue weighted by Gasteiger charge is -2.09. The molecule has 0 fully saturated rings. The third-order valence-electron chi connectivity index (χ3n) is 3.62. The molecule has 0 atom stereocenters. The Kier molecular flexibility index (Phi) is 5.59. The van der Waals surface area contributed by atoms with Crippen molar-refractivity contribution in [1.82, 2.24) is 15.3 Å². The third-order valence-corrected chi connectivity index (χ3v) is 3.99. The highest BCUT2D eigenvalue weighted by atomic mass is 35.5. The summed E-state index contributed by atoms with van der Waals surface area (Å²) in [5, 5.41) is 6.72. The molecule has 0 spiro atoms. The number of hydrogen-bond acceptors (Lipinski definition) is 4. The second-order valence-electron chi connectivity index (χ2n) is 5.45. The van der Waals surface area contributed by atoms with Gasteiger partial charge in [0.2, 0.25) is 0 Å². The summed E-state index contributed by atoms with van der Waals surface area (Å²) in [4.78, 5) is 20.5. The predicted octanol–water partition coefficient (Wildman–Crippen LogP) is 3.67. The van der Waals surface area contributed by atoms with E-state index in [1.165, 1.54) is 6.20 Å². The summed E-state index contributed by atoms with van der Waals surface area (Å²) in [5.41, 5.74) is 3.19. The summed E-state index contributed by atoms with van der Waals surface area (Å²) in [6, 6.07) is 13.1. The van der Waals surface area contributed by atoms with Gasteiger partial charge in [0.25, 0.3) is 5.91 Å². The van der Waals surface area contributed by atoms with E-state index in [1.807, 2.05) is 30.3 Å². The van der Waals surface area contributed by atoms with Gasteiger partial charge in [0.15, 0.2) is 0 Å². The van der Waals surface area contributed by atoms with Gasteiger partial charge in [0.1, 0.15) is 0 Å². The number of nitrogens with one attached hydrogen (secondary N) is 2. The molecule has 6 heteroatoms. The fourth-order valence-corrected chi connectivity index (χ4v) is 2.49. The van der Waals surface area contributed by atoms with E-state index in [1.54, 1.807) is 30.7 Å². The Morgan fingerprint density at radius 3 is 2.68 bits per heavy atom. The van der Waals surface area contributed by atoms with Gasteiger partial charge in [-0.3, -0.25) is 14.8 Å². The molecule has 5 nitrogen and oxygen atoms in total. The first-order chi connectivity index (χ1) is 12.2. The van der Waals surface area contributed by atoms with Crippen LogP contribution in [0.15, 0.2) is 67.3 Å². The lowest BCUT2D eigenvalue weighted by Crippen LogP contribution is -2.23. The molecule has 0 bridgehead atoms. The Hall–Kier alpha value is -2.92. The number of carbonyl (C=O) groups excluding carboxylic acids is 1. The maximum absolute atomic E-state index is 12.3. The molecule has 0 aliphatic heterocycles. The van der Waals surface area contributed by atoms with Crippen LogP contribution in [0.25, 0.3) is 0 Å². The molecule has 126 valence electrons. The number of halogens is 1. The molecule has 0 saturated carbocycles. The van der Waals surface area contributed by atoms with Crippen LogP contribution in [0.4, 0.5) is 5.69 Å². The van der Waals surface area contributed by atoms with Gasteiger partial charge in [-0.15, -0.1) is 0 Å². The van der Waals surface area contributed by atoms with Gasteiger partial charge in [-0.25, -0.2) is 0 Å². The second kappa shape index (κ2) is 8.26. The van der Waals surface area contributed by atoms with Crippen molar-refractivity contribution in [2.24, 2.45) is 0 Å². The van der Waals surface area contributed by atoms with E-state index >= 15 is 0 Å². The van der Waals surface area contributed by atoms with Gasteiger partial charge >= 0.3 is 0 Å². The number of nitrogens with zero attached hydrogens (tertiary/aromatic N) is 2. The molecule has 2 N–H and O–H groups in total. The number of anilines is 1. The van der Waals surface area contributed by atoms with Gasteiger partial charge in [0, 0.05) is 42.9 Å². The van der Waals surface area contributed by atoms with Crippen LogP contribution in [0.3, 0.4) is 0 Å². The van der Waals surface area contributed by atoms with E-state index in [0.717, 1.165) is 16.8 Å². The Balaban J connectivity index is 1.60. The van der Waals surface area contributed by atoms with Crippen molar-refractivity contribution in [1.29, 1.82) is 0 Å². The highest BCUT2D eigenvalue weighted by Crippen LogP contribution is 2.15. The van der Waals surface area contributed by atoms with Gasteiger partial charge in [-0.2, -0.15) is 0 Å². The molecule has 2 heterocycles. The van der Waals surface area contributed by atoms with Gasteiger partial charge in [0.05, 0.1) is 11.3 Å².